The highest BCUT2D eigenvalue weighted by atomic mass is 16.5. The molecule has 7 heteroatoms. The summed E-state index contributed by atoms with van der Waals surface area (Å²) in [6.07, 6.45) is 1.47. The van der Waals surface area contributed by atoms with Gasteiger partial charge in [0.15, 0.2) is 5.72 Å². The molecule has 1 saturated heterocycles. The number of hydrogen-bond donors (Lipinski definition) is 3. The molecule has 2 atom stereocenters. The van der Waals surface area contributed by atoms with Crippen molar-refractivity contribution in [1.82, 2.24) is 15.5 Å². The van der Waals surface area contributed by atoms with E-state index in [1.807, 2.05) is 32.0 Å². The lowest BCUT2D eigenvalue weighted by molar-refractivity contribution is -0.141. The lowest BCUT2D eigenvalue weighted by Gasteiger charge is -2.34. The zero-order valence-corrected chi connectivity index (χ0v) is 16.9. The Balaban J connectivity index is 2.15. The molecular weight excluding hydrogens is 358 g/mol. The summed E-state index contributed by atoms with van der Waals surface area (Å²) in [5.74, 6) is -1.56. The number of carbonyl (C=O) groups excluding carboxylic acids is 2. The van der Waals surface area contributed by atoms with Gasteiger partial charge in [-0.1, -0.05) is 43.7 Å². The summed E-state index contributed by atoms with van der Waals surface area (Å²) in [7, 11) is 0. The van der Waals surface area contributed by atoms with E-state index >= 15 is 0 Å². The van der Waals surface area contributed by atoms with E-state index in [1.165, 1.54) is 0 Å². The molecule has 0 spiro atoms. The van der Waals surface area contributed by atoms with Crippen molar-refractivity contribution in [3.63, 3.8) is 0 Å². The fourth-order valence-electron chi connectivity index (χ4n) is 3.40. The van der Waals surface area contributed by atoms with E-state index in [1.54, 1.807) is 12.1 Å². The summed E-state index contributed by atoms with van der Waals surface area (Å²) in [5, 5.41) is 16.9. The zero-order chi connectivity index (χ0) is 20.4. The van der Waals surface area contributed by atoms with Gasteiger partial charge in [-0.3, -0.25) is 14.5 Å². The van der Waals surface area contributed by atoms with Crippen molar-refractivity contribution in [2.75, 3.05) is 39.4 Å². The number of nitrogens with one attached hydrogen (secondary N) is 2. The van der Waals surface area contributed by atoms with Crippen molar-refractivity contribution in [2.24, 2.45) is 5.92 Å². The monoisotopic (exact) mass is 391 g/mol. The van der Waals surface area contributed by atoms with Gasteiger partial charge in [-0.2, -0.15) is 0 Å². The van der Waals surface area contributed by atoms with Gasteiger partial charge in [0.2, 0.25) is 11.8 Å². The molecular formula is C21H33N3O4. The first-order valence-corrected chi connectivity index (χ1v) is 10.2. The zero-order valence-electron chi connectivity index (χ0n) is 16.9. The molecule has 28 heavy (non-hydrogen) atoms. The Morgan fingerprint density at radius 1 is 1.18 bits per heavy atom. The fraction of sp³-hybridized carbons (Fsp3) is 0.619. The van der Waals surface area contributed by atoms with Crippen LogP contribution in [-0.2, 0) is 20.1 Å². The van der Waals surface area contributed by atoms with E-state index in [-0.39, 0.29) is 5.91 Å². The maximum atomic E-state index is 12.9. The quantitative estimate of drug-likeness (QED) is 0.412. The summed E-state index contributed by atoms with van der Waals surface area (Å²) in [6, 6.07) is 9.10. The third-order valence-electron chi connectivity index (χ3n) is 5.04. The molecule has 1 aliphatic heterocycles. The lowest BCUT2D eigenvalue weighted by Crippen LogP contribution is -2.52. The van der Waals surface area contributed by atoms with Crippen LogP contribution in [0.4, 0.5) is 0 Å². The third-order valence-corrected chi connectivity index (χ3v) is 5.04. The molecule has 2 rings (SSSR count). The van der Waals surface area contributed by atoms with Crippen LogP contribution in [0.3, 0.4) is 0 Å². The minimum atomic E-state index is -1.53. The highest BCUT2D eigenvalue weighted by molar-refractivity contribution is 6.00. The van der Waals surface area contributed by atoms with Crippen LogP contribution in [0, 0.1) is 5.92 Å². The van der Waals surface area contributed by atoms with Gasteiger partial charge in [0.1, 0.15) is 5.92 Å². The van der Waals surface area contributed by atoms with Gasteiger partial charge in [-0.05, 0) is 13.3 Å². The second-order valence-corrected chi connectivity index (χ2v) is 7.16. The van der Waals surface area contributed by atoms with E-state index in [0.29, 0.717) is 51.1 Å². The minimum absolute atomic E-state index is 0.301. The fourth-order valence-corrected chi connectivity index (χ4v) is 3.40. The molecule has 0 saturated carbocycles. The molecule has 0 bridgehead atoms. The molecule has 2 unspecified atom stereocenters. The van der Waals surface area contributed by atoms with Gasteiger partial charge in [0.05, 0.1) is 13.2 Å². The number of ether oxygens (including phenoxy) is 1. The molecule has 0 radical (unpaired) electrons. The summed E-state index contributed by atoms with van der Waals surface area (Å²) in [6.45, 7) is 7.79. The van der Waals surface area contributed by atoms with Gasteiger partial charge in [0.25, 0.3) is 0 Å². The Hall–Kier alpha value is -1.96. The number of nitrogens with zero attached hydrogens (tertiary/aromatic N) is 1. The first-order chi connectivity index (χ1) is 13.5. The maximum absolute atomic E-state index is 12.9. The van der Waals surface area contributed by atoms with Crippen molar-refractivity contribution in [3.8, 4) is 0 Å². The Kier molecular flexibility index (Phi) is 8.89. The Morgan fingerprint density at radius 3 is 2.46 bits per heavy atom. The average Bonchev–Trinajstić information content (AvgIpc) is 2.72. The van der Waals surface area contributed by atoms with Crippen molar-refractivity contribution in [2.45, 2.75) is 38.8 Å². The number of hydrogen-bond acceptors (Lipinski definition) is 5. The van der Waals surface area contributed by atoms with Crippen LogP contribution in [0.5, 0.6) is 0 Å². The molecule has 1 aromatic carbocycles. The Labute approximate surface area is 167 Å². The van der Waals surface area contributed by atoms with Crippen LogP contribution in [0.15, 0.2) is 30.3 Å². The molecule has 1 heterocycles. The van der Waals surface area contributed by atoms with Crippen LogP contribution in [0.2, 0.25) is 0 Å². The summed E-state index contributed by atoms with van der Waals surface area (Å²) in [4.78, 5) is 27.5. The van der Waals surface area contributed by atoms with Crippen LogP contribution >= 0.6 is 0 Å². The Bertz CT molecular complexity index is 619. The number of carbonyl (C=O) groups is 2. The number of morpholine rings is 1. The van der Waals surface area contributed by atoms with Gasteiger partial charge in [-0.15, -0.1) is 0 Å². The molecule has 0 aliphatic carbocycles. The largest absolute Gasteiger partial charge is 0.379 e. The number of benzene rings is 1. The second kappa shape index (κ2) is 11.1. The van der Waals surface area contributed by atoms with Crippen molar-refractivity contribution in [1.29, 1.82) is 0 Å². The highest BCUT2D eigenvalue weighted by Crippen LogP contribution is 2.24. The van der Waals surface area contributed by atoms with Crippen LogP contribution < -0.4 is 10.6 Å². The average molecular weight is 392 g/mol. The predicted octanol–water partition coefficient (Wildman–Crippen LogP) is 1.22. The first kappa shape index (κ1) is 22.3. The van der Waals surface area contributed by atoms with E-state index in [0.717, 1.165) is 13.1 Å². The van der Waals surface area contributed by atoms with Crippen molar-refractivity contribution in [3.05, 3.63) is 35.9 Å². The van der Waals surface area contributed by atoms with Crippen LogP contribution in [-0.4, -0.2) is 61.2 Å². The minimum Gasteiger partial charge on any atom is -0.379 e. The molecule has 3 N–H and O–H groups in total. The molecule has 1 aliphatic rings. The third kappa shape index (κ3) is 6.29. The van der Waals surface area contributed by atoms with E-state index < -0.39 is 17.6 Å². The summed E-state index contributed by atoms with van der Waals surface area (Å²) in [5.41, 5.74) is -0.919. The summed E-state index contributed by atoms with van der Waals surface area (Å²) >= 11 is 0. The SMILES string of the molecule is CCCC(C(=O)NCC)C(=O)NC(O)(CCN1CCOCC1)c1ccccc1. The normalized spacial score (nSPS) is 18.1. The van der Waals surface area contributed by atoms with Gasteiger partial charge in [-0.25, -0.2) is 0 Å². The molecule has 1 aromatic rings. The van der Waals surface area contributed by atoms with E-state index in [2.05, 4.69) is 15.5 Å². The molecule has 0 aromatic heterocycles. The summed E-state index contributed by atoms with van der Waals surface area (Å²) < 4.78 is 5.37. The molecule has 2 amide bonds. The van der Waals surface area contributed by atoms with Crippen molar-refractivity contribution < 1.29 is 19.4 Å². The van der Waals surface area contributed by atoms with Crippen molar-refractivity contribution >= 4 is 11.8 Å². The highest BCUT2D eigenvalue weighted by Gasteiger charge is 2.36. The van der Waals surface area contributed by atoms with E-state index in [4.69, 9.17) is 4.74 Å². The number of aliphatic hydroxyl groups is 1. The van der Waals surface area contributed by atoms with Crippen LogP contribution in [0.1, 0.15) is 38.7 Å². The van der Waals surface area contributed by atoms with Crippen LogP contribution in [0.25, 0.3) is 0 Å². The molecule has 156 valence electrons. The lowest BCUT2D eigenvalue weighted by atomic mass is 9.95. The number of amides is 2. The van der Waals surface area contributed by atoms with Gasteiger partial charge in [0, 0.05) is 38.2 Å². The standard InChI is InChI=1S/C21H33N3O4/c1-3-8-18(19(25)22-4-2)20(26)23-21(27,17-9-6-5-7-10-17)11-12-24-13-15-28-16-14-24/h5-7,9-10,18,27H,3-4,8,11-16H2,1-2H3,(H,22,25)(H,23,26). The van der Waals surface area contributed by atoms with E-state index in [9.17, 15) is 14.7 Å². The van der Waals surface area contributed by atoms with Gasteiger partial charge < -0.3 is 20.5 Å². The molecule has 1 fully saturated rings. The number of rotatable bonds is 10. The maximum Gasteiger partial charge on any atom is 0.235 e. The Morgan fingerprint density at radius 2 is 1.86 bits per heavy atom. The van der Waals surface area contributed by atoms with Gasteiger partial charge >= 0.3 is 0 Å². The molecule has 7 nitrogen and oxygen atoms in total. The smallest absolute Gasteiger partial charge is 0.235 e. The first-order valence-electron chi connectivity index (χ1n) is 10.2. The topological polar surface area (TPSA) is 90.9 Å². The predicted molar refractivity (Wildman–Crippen MR) is 107 cm³/mol. The second-order valence-electron chi connectivity index (χ2n) is 7.16.